The molecule has 1 atom stereocenters. The van der Waals surface area contributed by atoms with Crippen LogP contribution >= 0.6 is 11.3 Å². The van der Waals surface area contributed by atoms with E-state index in [-0.39, 0.29) is 0 Å². The summed E-state index contributed by atoms with van der Waals surface area (Å²) < 4.78 is 2.13. The second-order valence-electron chi connectivity index (χ2n) is 5.29. The maximum atomic E-state index is 5.93. The van der Waals surface area contributed by atoms with Gasteiger partial charge in [-0.3, -0.25) is 4.40 Å². The SMILES string of the molecule is CC(C)C1CCCN1c1nc2sccn2c1CN. The summed E-state index contributed by atoms with van der Waals surface area (Å²) in [4.78, 5) is 8.31. The molecule has 0 saturated carbocycles. The van der Waals surface area contributed by atoms with E-state index in [1.807, 2.05) is 0 Å². The third-order valence-electron chi connectivity index (χ3n) is 3.87. The molecule has 0 radical (unpaired) electrons. The van der Waals surface area contributed by atoms with E-state index in [1.54, 1.807) is 11.3 Å². The van der Waals surface area contributed by atoms with Crippen molar-refractivity contribution in [2.45, 2.75) is 39.3 Å². The Labute approximate surface area is 111 Å². The first-order chi connectivity index (χ1) is 8.72. The normalized spacial score (nSPS) is 20.4. The van der Waals surface area contributed by atoms with Crippen LogP contribution in [0.2, 0.25) is 0 Å². The highest BCUT2D eigenvalue weighted by Gasteiger charge is 2.30. The lowest BCUT2D eigenvalue weighted by atomic mass is 10.0. The van der Waals surface area contributed by atoms with Crippen molar-refractivity contribution in [1.29, 1.82) is 0 Å². The fraction of sp³-hybridized carbons (Fsp3) is 0.615. The molecule has 1 fully saturated rings. The average molecular weight is 264 g/mol. The molecule has 0 aliphatic carbocycles. The van der Waals surface area contributed by atoms with Crippen LogP contribution in [0.1, 0.15) is 32.4 Å². The van der Waals surface area contributed by atoms with Gasteiger partial charge in [-0.2, -0.15) is 0 Å². The molecule has 1 unspecified atom stereocenters. The minimum atomic E-state index is 0.550. The molecule has 1 saturated heterocycles. The zero-order chi connectivity index (χ0) is 12.7. The summed E-state index contributed by atoms with van der Waals surface area (Å²) in [5.41, 5.74) is 7.08. The van der Waals surface area contributed by atoms with Gasteiger partial charge in [0, 0.05) is 30.7 Å². The van der Waals surface area contributed by atoms with E-state index in [0.717, 1.165) is 23.0 Å². The fourth-order valence-electron chi connectivity index (χ4n) is 2.99. The number of aromatic nitrogens is 2. The van der Waals surface area contributed by atoms with E-state index in [2.05, 4.69) is 34.7 Å². The number of nitrogens with two attached hydrogens (primary N) is 1. The average Bonchev–Trinajstić information content (AvgIpc) is 3.02. The fourth-order valence-corrected chi connectivity index (χ4v) is 3.72. The largest absolute Gasteiger partial charge is 0.352 e. The number of thiazole rings is 1. The lowest BCUT2D eigenvalue weighted by Crippen LogP contribution is -2.34. The Balaban J connectivity index is 2.05. The van der Waals surface area contributed by atoms with Gasteiger partial charge in [-0.25, -0.2) is 4.98 Å². The van der Waals surface area contributed by atoms with Gasteiger partial charge in [0.25, 0.3) is 0 Å². The predicted molar refractivity (Wildman–Crippen MR) is 76.2 cm³/mol. The number of anilines is 1. The van der Waals surface area contributed by atoms with Gasteiger partial charge in [0.1, 0.15) is 0 Å². The maximum Gasteiger partial charge on any atom is 0.195 e. The van der Waals surface area contributed by atoms with Crippen molar-refractivity contribution >= 4 is 22.1 Å². The van der Waals surface area contributed by atoms with Gasteiger partial charge in [-0.15, -0.1) is 11.3 Å². The number of fused-ring (bicyclic) bond motifs is 1. The quantitative estimate of drug-likeness (QED) is 0.926. The van der Waals surface area contributed by atoms with Crippen LogP contribution in [0.25, 0.3) is 4.96 Å². The first-order valence-electron chi connectivity index (χ1n) is 6.63. The molecule has 5 heteroatoms. The van der Waals surface area contributed by atoms with Crippen molar-refractivity contribution in [2.75, 3.05) is 11.4 Å². The van der Waals surface area contributed by atoms with Gasteiger partial charge >= 0.3 is 0 Å². The van der Waals surface area contributed by atoms with Crippen LogP contribution in [0.5, 0.6) is 0 Å². The van der Waals surface area contributed by atoms with E-state index in [4.69, 9.17) is 10.7 Å². The molecule has 2 aromatic rings. The maximum absolute atomic E-state index is 5.93. The first-order valence-corrected chi connectivity index (χ1v) is 7.51. The van der Waals surface area contributed by atoms with Crippen molar-refractivity contribution in [3.8, 4) is 0 Å². The summed E-state index contributed by atoms with van der Waals surface area (Å²) in [7, 11) is 0. The molecule has 4 nitrogen and oxygen atoms in total. The van der Waals surface area contributed by atoms with Gasteiger partial charge in [-0.1, -0.05) is 13.8 Å². The van der Waals surface area contributed by atoms with Crippen LogP contribution in [0.4, 0.5) is 5.82 Å². The molecule has 18 heavy (non-hydrogen) atoms. The molecule has 98 valence electrons. The molecular weight excluding hydrogens is 244 g/mol. The van der Waals surface area contributed by atoms with Gasteiger partial charge in [0.05, 0.1) is 5.69 Å². The smallest absolute Gasteiger partial charge is 0.195 e. The topological polar surface area (TPSA) is 46.6 Å². The van der Waals surface area contributed by atoms with Crippen LogP contribution in [0.15, 0.2) is 11.6 Å². The summed E-state index contributed by atoms with van der Waals surface area (Å²) in [6, 6.07) is 0.611. The van der Waals surface area contributed by atoms with E-state index < -0.39 is 0 Å². The second kappa shape index (κ2) is 4.55. The van der Waals surface area contributed by atoms with Crippen molar-refractivity contribution in [2.24, 2.45) is 11.7 Å². The highest BCUT2D eigenvalue weighted by molar-refractivity contribution is 7.15. The Bertz CT molecular complexity index is 542. The van der Waals surface area contributed by atoms with Crippen LogP contribution in [0, 0.1) is 5.92 Å². The molecule has 0 spiro atoms. The highest BCUT2D eigenvalue weighted by Crippen LogP contribution is 2.32. The van der Waals surface area contributed by atoms with Crippen molar-refractivity contribution in [3.63, 3.8) is 0 Å². The van der Waals surface area contributed by atoms with Gasteiger partial charge in [0.15, 0.2) is 10.8 Å². The molecule has 3 rings (SSSR count). The Morgan fingerprint density at radius 2 is 2.39 bits per heavy atom. The number of nitrogens with zero attached hydrogens (tertiary/aromatic N) is 3. The second-order valence-corrected chi connectivity index (χ2v) is 6.16. The van der Waals surface area contributed by atoms with E-state index in [1.165, 1.54) is 12.8 Å². The molecule has 1 aliphatic rings. The molecule has 1 aliphatic heterocycles. The van der Waals surface area contributed by atoms with Crippen molar-refractivity contribution < 1.29 is 0 Å². The Morgan fingerprint density at radius 1 is 1.56 bits per heavy atom. The summed E-state index contributed by atoms with van der Waals surface area (Å²) >= 11 is 1.68. The molecule has 2 N–H and O–H groups in total. The molecule has 2 aromatic heterocycles. The van der Waals surface area contributed by atoms with Crippen LogP contribution in [-0.4, -0.2) is 22.0 Å². The number of hydrogen-bond donors (Lipinski definition) is 1. The monoisotopic (exact) mass is 264 g/mol. The minimum Gasteiger partial charge on any atom is -0.352 e. The highest BCUT2D eigenvalue weighted by atomic mass is 32.1. The number of rotatable bonds is 3. The molecule has 3 heterocycles. The van der Waals surface area contributed by atoms with Crippen molar-refractivity contribution in [3.05, 3.63) is 17.3 Å². The lowest BCUT2D eigenvalue weighted by molar-refractivity contribution is 0.489. The lowest BCUT2D eigenvalue weighted by Gasteiger charge is -2.28. The number of imidazole rings is 1. The Hall–Kier alpha value is -1.07. The zero-order valence-corrected chi connectivity index (χ0v) is 11.8. The summed E-state index contributed by atoms with van der Waals surface area (Å²) in [6.07, 6.45) is 4.60. The van der Waals surface area contributed by atoms with Gasteiger partial charge in [0.2, 0.25) is 0 Å². The van der Waals surface area contributed by atoms with E-state index >= 15 is 0 Å². The van der Waals surface area contributed by atoms with Crippen LogP contribution < -0.4 is 10.6 Å². The molecule has 0 aromatic carbocycles. The Morgan fingerprint density at radius 3 is 3.11 bits per heavy atom. The third kappa shape index (κ3) is 1.73. The molecule has 0 bridgehead atoms. The van der Waals surface area contributed by atoms with Gasteiger partial charge < -0.3 is 10.6 Å². The standard InChI is InChI=1S/C13H20N4S/c1-9(2)10-4-3-5-16(10)12-11(8-14)17-6-7-18-13(17)15-12/h6-7,9-10H,3-5,8,14H2,1-2H3. The predicted octanol–water partition coefficient (Wildman–Crippen LogP) is 2.48. The summed E-state index contributed by atoms with van der Waals surface area (Å²) in [6.45, 7) is 6.25. The third-order valence-corrected chi connectivity index (χ3v) is 4.63. The van der Waals surface area contributed by atoms with Crippen LogP contribution in [0.3, 0.4) is 0 Å². The Kier molecular flexibility index (Phi) is 3.03. The minimum absolute atomic E-state index is 0.550. The zero-order valence-electron chi connectivity index (χ0n) is 11.0. The number of hydrogen-bond acceptors (Lipinski definition) is 4. The molecular formula is C13H20N4S. The van der Waals surface area contributed by atoms with Crippen molar-refractivity contribution in [1.82, 2.24) is 9.38 Å². The summed E-state index contributed by atoms with van der Waals surface area (Å²) in [5, 5.41) is 2.06. The summed E-state index contributed by atoms with van der Waals surface area (Å²) in [5.74, 6) is 1.78. The van der Waals surface area contributed by atoms with E-state index in [9.17, 15) is 0 Å². The first kappa shape index (κ1) is 12.0. The van der Waals surface area contributed by atoms with Crippen LogP contribution in [-0.2, 0) is 6.54 Å². The molecule has 0 amide bonds. The van der Waals surface area contributed by atoms with E-state index in [0.29, 0.717) is 18.5 Å². The van der Waals surface area contributed by atoms with Gasteiger partial charge in [-0.05, 0) is 18.8 Å².